The van der Waals surface area contributed by atoms with Crippen LogP contribution in [0.15, 0.2) is 18.3 Å². The lowest BCUT2D eigenvalue weighted by molar-refractivity contribution is 0.686. The normalized spacial score (nSPS) is 15.5. The molecule has 0 saturated heterocycles. The Labute approximate surface area is 84.9 Å². The first-order valence-corrected chi connectivity index (χ1v) is 5.30. The minimum absolute atomic E-state index is 0.767. The van der Waals surface area contributed by atoms with Crippen molar-refractivity contribution in [2.75, 3.05) is 11.9 Å². The lowest BCUT2D eigenvalue weighted by Gasteiger charge is -2.04. The summed E-state index contributed by atoms with van der Waals surface area (Å²) in [5.74, 6) is 0.961. The first kappa shape index (κ1) is 9.46. The standard InChI is InChI=1S/C11H17N3/c1-2-12-11-6-3-9(8-14-11)7-13-10-4-5-10/h3,6,8,10,13H,2,4-5,7H2,1H3,(H,12,14). The first-order chi connectivity index (χ1) is 6.88. The average molecular weight is 191 g/mol. The number of rotatable bonds is 5. The number of pyridine rings is 1. The molecule has 3 heteroatoms. The summed E-state index contributed by atoms with van der Waals surface area (Å²) < 4.78 is 0. The summed E-state index contributed by atoms with van der Waals surface area (Å²) in [6.45, 7) is 3.95. The van der Waals surface area contributed by atoms with Crippen LogP contribution in [-0.2, 0) is 6.54 Å². The van der Waals surface area contributed by atoms with Crippen LogP contribution in [0.3, 0.4) is 0 Å². The van der Waals surface area contributed by atoms with Crippen molar-refractivity contribution < 1.29 is 0 Å². The molecule has 1 aliphatic carbocycles. The average Bonchev–Trinajstić information content (AvgIpc) is 3.01. The fraction of sp³-hybridized carbons (Fsp3) is 0.545. The minimum Gasteiger partial charge on any atom is -0.370 e. The molecule has 2 rings (SSSR count). The molecule has 0 atom stereocenters. The van der Waals surface area contributed by atoms with E-state index >= 15 is 0 Å². The van der Waals surface area contributed by atoms with Crippen LogP contribution in [0, 0.1) is 0 Å². The Kier molecular flexibility index (Phi) is 2.99. The molecule has 0 unspecified atom stereocenters. The van der Waals surface area contributed by atoms with Gasteiger partial charge in [-0.3, -0.25) is 0 Å². The molecule has 0 bridgehead atoms. The number of aromatic nitrogens is 1. The molecule has 14 heavy (non-hydrogen) atoms. The topological polar surface area (TPSA) is 37.0 Å². The summed E-state index contributed by atoms with van der Waals surface area (Å²) in [6.07, 6.45) is 4.61. The van der Waals surface area contributed by atoms with Crippen molar-refractivity contribution in [1.82, 2.24) is 10.3 Å². The maximum absolute atomic E-state index is 4.32. The minimum atomic E-state index is 0.767. The van der Waals surface area contributed by atoms with Crippen molar-refractivity contribution in [3.8, 4) is 0 Å². The van der Waals surface area contributed by atoms with Gasteiger partial charge in [0.15, 0.2) is 0 Å². The highest BCUT2D eigenvalue weighted by molar-refractivity contribution is 5.35. The molecule has 1 fully saturated rings. The molecular weight excluding hydrogens is 174 g/mol. The van der Waals surface area contributed by atoms with Crippen molar-refractivity contribution in [2.45, 2.75) is 32.4 Å². The fourth-order valence-electron chi connectivity index (χ4n) is 1.36. The molecule has 3 nitrogen and oxygen atoms in total. The van der Waals surface area contributed by atoms with Gasteiger partial charge in [0.25, 0.3) is 0 Å². The highest BCUT2D eigenvalue weighted by Crippen LogP contribution is 2.19. The van der Waals surface area contributed by atoms with E-state index in [1.165, 1.54) is 18.4 Å². The lowest BCUT2D eigenvalue weighted by Crippen LogP contribution is -2.15. The number of hydrogen-bond donors (Lipinski definition) is 2. The van der Waals surface area contributed by atoms with Gasteiger partial charge in [-0.05, 0) is 31.4 Å². The molecule has 76 valence electrons. The van der Waals surface area contributed by atoms with Gasteiger partial charge in [0.2, 0.25) is 0 Å². The Bertz CT molecular complexity index is 277. The summed E-state index contributed by atoms with van der Waals surface area (Å²) in [4.78, 5) is 4.32. The highest BCUT2D eigenvalue weighted by Gasteiger charge is 2.19. The number of nitrogens with one attached hydrogen (secondary N) is 2. The predicted molar refractivity (Wildman–Crippen MR) is 58.3 cm³/mol. The maximum atomic E-state index is 4.32. The van der Waals surface area contributed by atoms with Crippen LogP contribution in [0.5, 0.6) is 0 Å². The molecule has 1 aromatic heterocycles. The zero-order valence-corrected chi connectivity index (χ0v) is 8.59. The predicted octanol–water partition coefficient (Wildman–Crippen LogP) is 1.77. The van der Waals surface area contributed by atoms with E-state index in [0.717, 1.165) is 24.9 Å². The lowest BCUT2D eigenvalue weighted by atomic mass is 10.3. The van der Waals surface area contributed by atoms with Crippen LogP contribution < -0.4 is 10.6 Å². The van der Waals surface area contributed by atoms with Gasteiger partial charge in [-0.1, -0.05) is 6.07 Å². The summed E-state index contributed by atoms with van der Waals surface area (Å²) >= 11 is 0. The molecule has 1 aliphatic rings. The second-order valence-electron chi connectivity index (χ2n) is 3.74. The molecular formula is C11H17N3. The zero-order chi connectivity index (χ0) is 9.80. The second kappa shape index (κ2) is 4.42. The summed E-state index contributed by atoms with van der Waals surface area (Å²) in [5, 5.41) is 6.64. The smallest absolute Gasteiger partial charge is 0.125 e. The summed E-state index contributed by atoms with van der Waals surface area (Å²) in [5.41, 5.74) is 1.26. The van der Waals surface area contributed by atoms with Crippen LogP contribution in [0.4, 0.5) is 5.82 Å². The van der Waals surface area contributed by atoms with Crippen molar-refractivity contribution in [2.24, 2.45) is 0 Å². The second-order valence-corrected chi connectivity index (χ2v) is 3.74. The van der Waals surface area contributed by atoms with Crippen molar-refractivity contribution >= 4 is 5.82 Å². The summed E-state index contributed by atoms with van der Waals surface area (Å²) in [7, 11) is 0. The van der Waals surface area contributed by atoms with Crippen LogP contribution in [0.1, 0.15) is 25.3 Å². The fourth-order valence-corrected chi connectivity index (χ4v) is 1.36. The van der Waals surface area contributed by atoms with Crippen molar-refractivity contribution in [3.63, 3.8) is 0 Å². The van der Waals surface area contributed by atoms with Gasteiger partial charge in [0, 0.05) is 25.3 Å². The third kappa shape index (κ3) is 2.70. The zero-order valence-electron chi connectivity index (χ0n) is 8.59. The first-order valence-electron chi connectivity index (χ1n) is 5.30. The molecule has 0 amide bonds. The van der Waals surface area contributed by atoms with Gasteiger partial charge in [-0.25, -0.2) is 4.98 Å². The monoisotopic (exact) mass is 191 g/mol. The van der Waals surface area contributed by atoms with Gasteiger partial charge >= 0.3 is 0 Å². The van der Waals surface area contributed by atoms with Gasteiger partial charge < -0.3 is 10.6 Å². The van der Waals surface area contributed by atoms with Crippen LogP contribution >= 0.6 is 0 Å². The third-order valence-corrected chi connectivity index (χ3v) is 2.35. The maximum Gasteiger partial charge on any atom is 0.125 e. The quantitative estimate of drug-likeness (QED) is 0.744. The molecule has 0 spiro atoms. The van der Waals surface area contributed by atoms with E-state index in [2.05, 4.69) is 28.6 Å². The van der Waals surface area contributed by atoms with Gasteiger partial charge in [-0.15, -0.1) is 0 Å². The van der Waals surface area contributed by atoms with Gasteiger partial charge in [-0.2, -0.15) is 0 Å². The van der Waals surface area contributed by atoms with Crippen LogP contribution in [0.25, 0.3) is 0 Å². The van der Waals surface area contributed by atoms with E-state index in [4.69, 9.17) is 0 Å². The van der Waals surface area contributed by atoms with Gasteiger partial charge in [0.1, 0.15) is 5.82 Å². The van der Waals surface area contributed by atoms with Crippen molar-refractivity contribution in [1.29, 1.82) is 0 Å². The molecule has 1 heterocycles. The van der Waals surface area contributed by atoms with Crippen LogP contribution in [-0.4, -0.2) is 17.6 Å². The van der Waals surface area contributed by atoms with E-state index in [-0.39, 0.29) is 0 Å². The van der Waals surface area contributed by atoms with E-state index in [1.54, 1.807) is 0 Å². The Hall–Kier alpha value is -1.09. The molecule has 1 aromatic rings. The van der Waals surface area contributed by atoms with E-state index in [9.17, 15) is 0 Å². The molecule has 0 aromatic carbocycles. The van der Waals surface area contributed by atoms with Gasteiger partial charge in [0.05, 0.1) is 0 Å². The van der Waals surface area contributed by atoms with E-state index in [0.29, 0.717) is 0 Å². The third-order valence-electron chi connectivity index (χ3n) is 2.35. The molecule has 1 saturated carbocycles. The molecule has 2 N–H and O–H groups in total. The van der Waals surface area contributed by atoms with Crippen molar-refractivity contribution in [3.05, 3.63) is 23.9 Å². The Morgan fingerprint density at radius 2 is 2.29 bits per heavy atom. The molecule has 0 aliphatic heterocycles. The number of nitrogens with zero attached hydrogens (tertiary/aromatic N) is 1. The highest BCUT2D eigenvalue weighted by atomic mass is 15.0. The largest absolute Gasteiger partial charge is 0.370 e. The number of anilines is 1. The van der Waals surface area contributed by atoms with E-state index < -0.39 is 0 Å². The Balaban J connectivity index is 1.84. The van der Waals surface area contributed by atoms with Crippen LogP contribution in [0.2, 0.25) is 0 Å². The SMILES string of the molecule is CCNc1ccc(CNC2CC2)cn1. The number of hydrogen-bond acceptors (Lipinski definition) is 3. The molecule has 0 radical (unpaired) electrons. The Morgan fingerprint density at radius 3 is 2.86 bits per heavy atom. The Morgan fingerprint density at radius 1 is 1.43 bits per heavy atom. The van der Waals surface area contributed by atoms with E-state index in [1.807, 2.05) is 12.3 Å². The summed E-state index contributed by atoms with van der Waals surface area (Å²) in [6, 6.07) is 4.93.